The molecule has 0 aliphatic heterocycles. The highest BCUT2D eigenvalue weighted by Gasteiger charge is 2.25. The molecule has 0 saturated carbocycles. The number of hydrogen-bond acceptors (Lipinski definition) is 3. The smallest absolute Gasteiger partial charge is 0.339 e. The van der Waals surface area contributed by atoms with Crippen LogP contribution in [0.25, 0.3) is 0 Å². The molecule has 0 bridgehead atoms. The highest BCUT2D eigenvalue weighted by molar-refractivity contribution is 5.87. The van der Waals surface area contributed by atoms with Crippen molar-refractivity contribution in [1.82, 2.24) is 16.1 Å². The van der Waals surface area contributed by atoms with Gasteiger partial charge >= 0.3 is 6.03 Å². The van der Waals surface area contributed by atoms with Crippen LogP contribution in [0.3, 0.4) is 0 Å². The lowest BCUT2D eigenvalue weighted by Gasteiger charge is -2.24. The average molecular weight is 389 g/mol. The second-order valence-corrected chi connectivity index (χ2v) is 6.59. The van der Waals surface area contributed by atoms with E-state index in [4.69, 9.17) is 5.21 Å². The maximum absolute atomic E-state index is 13.1. The molecular formula is C23H23N3O3. The van der Waals surface area contributed by atoms with Gasteiger partial charge in [0.15, 0.2) is 0 Å². The van der Waals surface area contributed by atoms with Crippen LogP contribution in [0.2, 0.25) is 0 Å². The predicted molar refractivity (Wildman–Crippen MR) is 110 cm³/mol. The lowest BCUT2D eigenvalue weighted by Crippen LogP contribution is -2.51. The van der Waals surface area contributed by atoms with Crippen LogP contribution in [0.5, 0.6) is 0 Å². The van der Waals surface area contributed by atoms with E-state index in [-0.39, 0.29) is 18.4 Å². The molecule has 0 spiro atoms. The number of nitrogens with one attached hydrogen (secondary N) is 3. The molecule has 3 amide bonds. The average Bonchev–Trinajstić information content (AvgIpc) is 2.78. The molecule has 0 unspecified atom stereocenters. The highest BCUT2D eigenvalue weighted by atomic mass is 16.5. The van der Waals surface area contributed by atoms with Crippen molar-refractivity contribution in [2.45, 2.75) is 18.5 Å². The minimum Gasteiger partial charge on any atom is -0.343 e. The second-order valence-electron chi connectivity index (χ2n) is 6.59. The molecule has 4 N–H and O–H groups in total. The summed E-state index contributed by atoms with van der Waals surface area (Å²) >= 11 is 0. The van der Waals surface area contributed by atoms with E-state index in [0.717, 1.165) is 16.7 Å². The summed E-state index contributed by atoms with van der Waals surface area (Å²) in [6.45, 7) is 0. The van der Waals surface area contributed by atoms with Gasteiger partial charge in [0.2, 0.25) is 5.91 Å². The van der Waals surface area contributed by atoms with Gasteiger partial charge in [0.25, 0.3) is 0 Å². The first kappa shape index (κ1) is 20.1. The molecule has 29 heavy (non-hydrogen) atoms. The first-order valence-electron chi connectivity index (χ1n) is 9.32. The largest absolute Gasteiger partial charge is 0.343 e. The molecule has 0 fully saturated rings. The molecule has 6 nitrogen and oxygen atoms in total. The number of benzene rings is 3. The van der Waals surface area contributed by atoms with E-state index in [2.05, 4.69) is 10.6 Å². The van der Waals surface area contributed by atoms with Gasteiger partial charge in [-0.15, -0.1) is 0 Å². The van der Waals surface area contributed by atoms with Crippen molar-refractivity contribution in [2.75, 3.05) is 0 Å². The Bertz CT molecular complexity index is 878. The van der Waals surface area contributed by atoms with Crippen molar-refractivity contribution in [3.8, 4) is 0 Å². The third-order valence-electron chi connectivity index (χ3n) is 4.56. The molecule has 3 rings (SSSR count). The Balaban J connectivity index is 1.85. The minimum absolute atomic E-state index is 0.288. The number of urea groups is 1. The van der Waals surface area contributed by atoms with E-state index in [9.17, 15) is 9.59 Å². The lowest BCUT2D eigenvalue weighted by atomic mass is 9.97. The second kappa shape index (κ2) is 10.1. The Kier molecular flexibility index (Phi) is 6.97. The molecule has 1 atom stereocenters. The zero-order chi connectivity index (χ0) is 20.5. The maximum atomic E-state index is 13.1. The van der Waals surface area contributed by atoms with Crippen LogP contribution in [0.1, 0.15) is 22.7 Å². The maximum Gasteiger partial charge on any atom is 0.339 e. The topological polar surface area (TPSA) is 90.5 Å². The first-order chi connectivity index (χ1) is 14.2. The molecule has 0 heterocycles. The minimum atomic E-state index is -0.862. The number of carbonyl (C=O) groups is 2. The van der Waals surface area contributed by atoms with Gasteiger partial charge < -0.3 is 10.6 Å². The molecule has 0 saturated heterocycles. The number of hydroxylamine groups is 1. The van der Waals surface area contributed by atoms with Crippen molar-refractivity contribution >= 4 is 11.9 Å². The summed E-state index contributed by atoms with van der Waals surface area (Å²) in [6.07, 6.45) is 0.288. The normalized spacial score (nSPS) is 11.5. The molecule has 148 valence electrons. The highest BCUT2D eigenvalue weighted by Crippen LogP contribution is 2.22. The number of hydrogen-bond donors (Lipinski definition) is 4. The molecule has 3 aromatic rings. The Morgan fingerprint density at radius 2 is 1.21 bits per heavy atom. The fraction of sp³-hybridized carbons (Fsp3) is 0.130. The third kappa shape index (κ3) is 5.67. The molecule has 0 radical (unpaired) electrons. The van der Waals surface area contributed by atoms with Crippen LogP contribution in [0.4, 0.5) is 4.79 Å². The van der Waals surface area contributed by atoms with Crippen LogP contribution in [-0.2, 0) is 11.2 Å². The molecule has 3 aromatic carbocycles. The summed E-state index contributed by atoms with van der Waals surface area (Å²) in [5, 5.41) is 14.4. The van der Waals surface area contributed by atoms with Crippen LogP contribution < -0.4 is 16.1 Å². The van der Waals surface area contributed by atoms with Crippen molar-refractivity contribution in [1.29, 1.82) is 0 Å². The van der Waals surface area contributed by atoms with Crippen LogP contribution in [-0.4, -0.2) is 23.2 Å². The monoisotopic (exact) mass is 389 g/mol. The van der Waals surface area contributed by atoms with Gasteiger partial charge in [-0.25, -0.2) is 10.3 Å². The van der Waals surface area contributed by atoms with Gasteiger partial charge in [-0.3, -0.25) is 10.0 Å². The third-order valence-corrected chi connectivity index (χ3v) is 4.56. The van der Waals surface area contributed by atoms with Crippen LogP contribution in [0, 0.1) is 0 Å². The number of amides is 3. The van der Waals surface area contributed by atoms with Crippen molar-refractivity contribution in [3.05, 3.63) is 108 Å². The van der Waals surface area contributed by atoms with Crippen LogP contribution >= 0.6 is 0 Å². The summed E-state index contributed by atoms with van der Waals surface area (Å²) < 4.78 is 0. The molecular weight excluding hydrogens is 366 g/mol. The fourth-order valence-corrected chi connectivity index (χ4v) is 3.14. The molecule has 0 aromatic heterocycles. The van der Waals surface area contributed by atoms with E-state index < -0.39 is 12.1 Å². The molecule has 6 heteroatoms. The Morgan fingerprint density at radius 3 is 1.69 bits per heavy atom. The zero-order valence-electron chi connectivity index (χ0n) is 15.8. The standard InChI is InChI=1S/C23H23N3O3/c27-22(20(24-23(28)26-29)16-17-10-4-1-5-11-17)25-21(18-12-6-2-7-13-18)19-14-8-3-9-15-19/h1-15,20-21,29H,16H2,(H,25,27)(H2,24,26,28)/t20-/m0/s1. The van der Waals surface area contributed by atoms with E-state index in [1.54, 1.807) is 0 Å². The zero-order valence-corrected chi connectivity index (χ0v) is 15.8. The van der Waals surface area contributed by atoms with Crippen molar-refractivity contribution < 1.29 is 14.8 Å². The van der Waals surface area contributed by atoms with Crippen molar-refractivity contribution in [3.63, 3.8) is 0 Å². The Morgan fingerprint density at radius 1 is 0.724 bits per heavy atom. The van der Waals surface area contributed by atoms with Gasteiger partial charge in [0.1, 0.15) is 6.04 Å². The van der Waals surface area contributed by atoms with E-state index in [1.807, 2.05) is 91.0 Å². The Labute approximate surface area is 169 Å². The van der Waals surface area contributed by atoms with Gasteiger partial charge in [-0.1, -0.05) is 91.0 Å². The number of carbonyl (C=O) groups excluding carboxylic acids is 2. The Hall–Kier alpha value is -3.64. The van der Waals surface area contributed by atoms with Gasteiger partial charge in [-0.05, 0) is 16.7 Å². The quantitative estimate of drug-likeness (QED) is 0.369. The van der Waals surface area contributed by atoms with Gasteiger partial charge in [0, 0.05) is 6.42 Å². The summed E-state index contributed by atoms with van der Waals surface area (Å²) in [5.74, 6) is -0.352. The van der Waals surface area contributed by atoms with E-state index in [1.165, 1.54) is 5.48 Å². The summed E-state index contributed by atoms with van der Waals surface area (Å²) in [6, 6.07) is 26.6. The van der Waals surface area contributed by atoms with Crippen LogP contribution in [0.15, 0.2) is 91.0 Å². The summed E-state index contributed by atoms with van der Waals surface area (Å²) in [4.78, 5) is 24.8. The van der Waals surface area contributed by atoms with E-state index >= 15 is 0 Å². The number of rotatable bonds is 7. The summed E-state index contributed by atoms with van der Waals surface area (Å²) in [7, 11) is 0. The molecule has 0 aliphatic rings. The molecule has 0 aliphatic carbocycles. The van der Waals surface area contributed by atoms with Gasteiger partial charge in [-0.2, -0.15) is 0 Å². The van der Waals surface area contributed by atoms with Gasteiger partial charge in [0.05, 0.1) is 6.04 Å². The first-order valence-corrected chi connectivity index (χ1v) is 9.32. The fourth-order valence-electron chi connectivity index (χ4n) is 3.14. The predicted octanol–water partition coefficient (Wildman–Crippen LogP) is 3.19. The lowest BCUT2D eigenvalue weighted by molar-refractivity contribution is -0.123. The van der Waals surface area contributed by atoms with Crippen molar-refractivity contribution in [2.24, 2.45) is 0 Å². The van der Waals surface area contributed by atoms with E-state index in [0.29, 0.717) is 0 Å². The summed E-state index contributed by atoms with van der Waals surface area (Å²) in [5.41, 5.74) is 4.27. The SMILES string of the molecule is O=C(NO)N[C@@H](Cc1ccccc1)C(=O)NC(c1ccccc1)c1ccccc1.